The van der Waals surface area contributed by atoms with Gasteiger partial charge in [0.1, 0.15) is 0 Å². The number of hydrogen-bond acceptors (Lipinski definition) is 8. The monoisotopic (exact) mass is 1280 g/mol. The van der Waals surface area contributed by atoms with E-state index in [1.165, 1.54) is 38.4 Å². The van der Waals surface area contributed by atoms with E-state index in [0.717, 1.165) is 79.6 Å². The van der Waals surface area contributed by atoms with Gasteiger partial charge in [-0.15, -0.1) is 0 Å². The predicted octanol–water partition coefficient (Wildman–Crippen LogP) is 24.5. The van der Waals surface area contributed by atoms with Crippen LogP contribution in [-0.2, 0) is 0 Å². The van der Waals surface area contributed by atoms with Crippen molar-refractivity contribution in [1.82, 2.24) is 0 Å². The molecule has 0 radical (unpaired) electrons. The van der Waals surface area contributed by atoms with Crippen LogP contribution in [0.3, 0.4) is 0 Å². The van der Waals surface area contributed by atoms with Gasteiger partial charge in [0.15, 0.2) is 0 Å². The van der Waals surface area contributed by atoms with E-state index in [9.17, 15) is 5.26 Å². The van der Waals surface area contributed by atoms with Gasteiger partial charge in [0, 0.05) is 106 Å². The highest BCUT2D eigenvalue weighted by Crippen LogP contribution is 2.41. The van der Waals surface area contributed by atoms with Crippen molar-refractivity contribution in [2.24, 2.45) is 0 Å². The van der Waals surface area contributed by atoms with Crippen molar-refractivity contribution in [2.45, 2.75) is 0 Å². The number of nitriles is 2. The molecule has 0 fully saturated rings. The first kappa shape index (κ1) is 64.3. The fourth-order valence-corrected chi connectivity index (χ4v) is 12.3. The number of rotatable bonds is 16. The van der Waals surface area contributed by atoms with Crippen molar-refractivity contribution in [3.05, 3.63) is 393 Å². The third-order valence-electron chi connectivity index (χ3n) is 17.6. The van der Waals surface area contributed by atoms with Crippen LogP contribution in [0.15, 0.2) is 382 Å². The van der Waals surface area contributed by atoms with Crippen LogP contribution < -0.4 is 29.4 Å². The topological polar surface area (TPSA) is 67.0 Å². The quantitative estimate of drug-likeness (QED) is 0.0948. The lowest BCUT2D eigenvalue weighted by Gasteiger charge is -2.27. The van der Waals surface area contributed by atoms with Gasteiger partial charge in [0.2, 0.25) is 0 Å². The molecule has 0 aromatic heterocycles. The second-order valence-electron chi connectivity index (χ2n) is 23.9. The van der Waals surface area contributed by atoms with Crippen LogP contribution in [0.25, 0.3) is 32.7 Å². The Kier molecular flexibility index (Phi) is 20.0. The SMILES string of the molecule is CN(c1ccc(C#N)cc1)c1ccc(N(c2ccccc2)c2ccc3ccccc3c2)cc1.CN(c1ccc(N(c2ccccc2)c2ccc3ccccc3c2)cc1)c1cccc(C#N)c1.CN(c1ccccc1)c1ccc(N(c2ccccc2)c2ccc(-c3ccccc3)cc2)cc1. The number of fused-ring (bicyclic) bond motifs is 2. The van der Waals surface area contributed by atoms with E-state index in [-0.39, 0.29) is 0 Å². The van der Waals surface area contributed by atoms with E-state index < -0.39 is 0 Å². The molecule has 15 aromatic rings. The summed E-state index contributed by atoms with van der Waals surface area (Å²) in [5, 5.41) is 23.2. The Labute approximate surface area is 581 Å². The number of anilines is 15. The van der Waals surface area contributed by atoms with Crippen molar-refractivity contribution >= 4 is 107 Å². The molecule has 0 bridgehead atoms. The maximum absolute atomic E-state index is 9.22. The zero-order chi connectivity index (χ0) is 67.7. The second-order valence-corrected chi connectivity index (χ2v) is 23.9. The van der Waals surface area contributed by atoms with Crippen molar-refractivity contribution in [3.63, 3.8) is 0 Å². The molecule has 15 rings (SSSR count). The fraction of sp³-hybridized carbons (Fsp3) is 0.0330. The minimum atomic E-state index is 0.655. The molecule has 0 amide bonds. The van der Waals surface area contributed by atoms with E-state index in [2.05, 4.69) is 358 Å². The molecule has 0 atom stereocenters. The van der Waals surface area contributed by atoms with Crippen molar-refractivity contribution < 1.29 is 0 Å². The number of benzene rings is 15. The van der Waals surface area contributed by atoms with Gasteiger partial charge in [-0.2, -0.15) is 10.5 Å². The Morgan fingerprint density at radius 1 is 0.182 bits per heavy atom. The molecule has 0 spiro atoms. The predicted molar refractivity (Wildman–Crippen MR) is 417 cm³/mol. The van der Waals surface area contributed by atoms with Gasteiger partial charge >= 0.3 is 0 Å². The third-order valence-corrected chi connectivity index (χ3v) is 17.6. The van der Waals surface area contributed by atoms with Gasteiger partial charge in [-0.1, -0.05) is 182 Å². The summed E-state index contributed by atoms with van der Waals surface area (Å²) in [5.41, 5.74) is 20.2. The molecular formula is C91H72N8. The third kappa shape index (κ3) is 15.2. The minimum Gasteiger partial charge on any atom is -0.345 e. The fourth-order valence-electron chi connectivity index (χ4n) is 12.3. The van der Waals surface area contributed by atoms with E-state index >= 15 is 0 Å². The first-order valence-corrected chi connectivity index (χ1v) is 33.0. The Hall–Kier alpha value is -13.4. The average molecular weight is 1280 g/mol. The number of nitrogens with zero attached hydrogens (tertiary/aromatic N) is 8. The van der Waals surface area contributed by atoms with Gasteiger partial charge < -0.3 is 29.4 Å². The molecule has 8 heteroatoms. The molecule has 0 aliphatic heterocycles. The minimum absolute atomic E-state index is 0.655. The van der Waals surface area contributed by atoms with E-state index in [4.69, 9.17) is 5.26 Å². The maximum Gasteiger partial charge on any atom is 0.0992 e. The Morgan fingerprint density at radius 3 is 0.818 bits per heavy atom. The molecule has 0 N–H and O–H groups in total. The van der Waals surface area contributed by atoms with E-state index in [1.807, 2.05) is 86.9 Å². The van der Waals surface area contributed by atoms with Crippen LogP contribution in [0.1, 0.15) is 11.1 Å². The molecule has 8 nitrogen and oxygen atoms in total. The van der Waals surface area contributed by atoms with Crippen LogP contribution >= 0.6 is 0 Å². The Balaban J connectivity index is 0.000000133. The highest BCUT2D eigenvalue weighted by Gasteiger charge is 2.18. The van der Waals surface area contributed by atoms with Crippen molar-refractivity contribution in [3.8, 4) is 23.3 Å². The van der Waals surface area contributed by atoms with Crippen LogP contribution in [0.5, 0.6) is 0 Å². The zero-order valence-electron chi connectivity index (χ0n) is 55.5. The van der Waals surface area contributed by atoms with Crippen molar-refractivity contribution in [1.29, 1.82) is 10.5 Å². The van der Waals surface area contributed by atoms with E-state index in [0.29, 0.717) is 11.1 Å². The molecule has 99 heavy (non-hydrogen) atoms. The van der Waals surface area contributed by atoms with Crippen LogP contribution in [0.4, 0.5) is 85.3 Å². The molecule has 0 aliphatic rings. The summed E-state index contributed by atoms with van der Waals surface area (Å²) in [5.74, 6) is 0. The summed E-state index contributed by atoms with van der Waals surface area (Å²) < 4.78 is 0. The summed E-state index contributed by atoms with van der Waals surface area (Å²) in [6.07, 6.45) is 0. The normalized spacial score (nSPS) is 10.6. The van der Waals surface area contributed by atoms with Crippen LogP contribution in [0.2, 0.25) is 0 Å². The van der Waals surface area contributed by atoms with E-state index in [1.54, 1.807) is 0 Å². The highest BCUT2D eigenvalue weighted by molar-refractivity contribution is 5.91. The smallest absolute Gasteiger partial charge is 0.0992 e. The summed E-state index contributed by atoms with van der Waals surface area (Å²) in [4.78, 5) is 13.2. The lowest BCUT2D eigenvalue weighted by molar-refractivity contribution is 1.20. The van der Waals surface area contributed by atoms with Gasteiger partial charge in [0.25, 0.3) is 0 Å². The average Bonchev–Trinajstić information content (AvgIpc) is 0.806. The summed E-state index contributed by atoms with van der Waals surface area (Å²) in [6, 6.07) is 137. The standard InChI is InChI=1S/C31H26N2.2C30H23N3/c1-32(27-13-7-3-8-14-27)28-21-23-31(24-22-28)33(29-15-9-4-10-16-29)30-19-17-26(18-20-30)25-11-5-2-6-12-25;1-32(29-13-7-8-23(20-29)22-31)26-16-18-28(19-17-26)33(27-11-3-2-4-12-27)30-15-14-24-9-5-6-10-25(24)21-30;1-32(26-14-11-23(22-31)12-15-26)27-17-19-29(20-18-27)33(28-9-3-2-4-10-28)30-16-13-24-7-5-6-8-25(24)21-30/h2-24H,1H3;2*2-21H,1H3. The highest BCUT2D eigenvalue weighted by atomic mass is 15.2. The largest absolute Gasteiger partial charge is 0.345 e. The number of para-hydroxylation sites is 4. The summed E-state index contributed by atoms with van der Waals surface area (Å²) in [6.45, 7) is 0. The maximum atomic E-state index is 9.22. The molecule has 15 aromatic carbocycles. The molecule has 476 valence electrons. The lowest BCUT2D eigenvalue weighted by atomic mass is 10.0. The molecule has 0 heterocycles. The van der Waals surface area contributed by atoms with Gasteiger partial charge in [-0.3, -0.25) is 0 Å². The molecule has 0 aliphatic carbocycles. The van der Waals surface area contributed by atoms with Crippen LogP contribution in [-0.4, -0.2) is 21.1 Å². The van der Waals surface area contributed by atoms with Crippen LogP contribution in [0, 0.1) is 22.7 Å². The van der Waals surface area contributed by atoms with Gasteiger partial charge in [-0.05, 0) is 233 Å². The zero-order valence-corrected chi connectivity index (χ0v) is 55.5. The lowest BCUT2D eigenvalue weighted by Crippen LogP contribution is -2.12. The van der Waals surface area contributed by atoms with Gasteiger partial charge in [0.05, 0.1) is 23.3 Å². The molecule has 0 saturated heterocycles. The molecule has 0 saturated carbocycles. The molecule has 0 unspecified atom stereocenters. The van der Waals surface area contributed by atoms with Gasteiger partial charge in [-0.25, -0.2) is 0 Å². The Morgan fingerprint density at radius 2 is 0.434 bits per heavy atom. The Bertz CT molecular complexity index is 5180. The first-order chi connectivity index (χ1) is 48.7. The second kappa shape index (κ2) is 30.8. The first-order valence-electron chi connectivity index (χ1n) is 33.0. The summed E-state index contributed by atoms with van der Waals surface area (Å²) in [7, 11) is 6.15. The molecular weight excluding hydrogens is 1210 g/mol. The van der Waals surface area contributed by atoms with Crippen molar-refractivity contribution in [2.75, 3.05) is 50.5 Å². The number of hydrogen-bond donors (Lipinski definition) is 0. The summed E-state index contributed by atoms with van der Waals surface area (Å²) >= 11 is 0.